The lowest BCUT2D eigenvalue weighted by molar-refractivity contribution is -0.128. The average molecular weight is 324 g/mol. The van der Waals surface area contributed by atoms with Crippen molar-refractivity contribution in [2.24, 2.45) is 0 Å². The summed E-state index contributed by atoms with van der Waals surface area (Å²) in [6.45, 7) is 1.53. The van der Waals surface area contributed by atoms with Crippen LogP contribution in [0.1, 0.15) is 11.3 Å². The Morgan fingerprint density at radius 1 is 1.75 bits per heavy atom. The summed E-state index contributed by atoms with van der Waals surface area (Å²) in [6, 6.07) is 1.95. The zero-order valence-electron chi connectivity index (χ0n) is 8.80. The van der Waals surface area contributed by atoms with E-state index in [1.165, 1.54) is 11.3 Å². The molecule has 0 radical (unpaired) electrons. The Kier molecular flexibility index (Phi) is 3.89. The third kappa shape index (κ3) is 2.59. The lowest BCUT2D eigenvalue weighted by atomic mass is 10.2. The van der Waals surface area contributed by atoms with Gasteiger partial charge < -0.3 is 10.2 Å². The molecule has 16 heavy (non-hydrogen) atoms. The zero-order valence-corrected chi connectivity index (χ0v) is 12.0. The highest BCUT2D eigenvalue weighted by Gasteiger charge is 2.28. The van der Waals surface area contributed by atoms with Gasteiger partial charge in [0.2, 0.25) is 5.91 Å². The van der Waals surface area contributed by atoms with Crippen molar-refractivity contribution in [1.82, 2.24) is 10.2 Å². The predicted octanol–water partition coefficient (Wildman–Crippen LogP) is 2.48. The van der Waals surface area contributed by atoms with E-state index in [1.807, 2.05) is 13.1 Å². The molecular weight excluding hydrogens is 312 g/mol. The fourth-order valence-corrected chi connectivity index (χ4v) is 3.46. The predicted molar refractivity (Wildman–Crippen MR) is 69.9 cm³/mol. The van der Waals surface area contributed by atoms with E-state index in [0.29, 0.717) is 6.54 Å². The van der Waals surface area contributed by atoms with Crippen LogP contribution in [0.2, 0.25) is 4.34 Å². The van der Waals surface area contributed by atoms with Gasteiger partial charge >= 0.3 is 0 Å². The van der Waals surface area contributed by atoms with E-state index in [4.69, 9.17) is 11.6 Å². The number of halogens is 2. The third-order valence-electron chi connectivity index (χ3n) is 2.65. The van der Waals surface area contributed by atoms with E-state index in [2.05, 4.69) is 21.2 Å². The van der Waals surface area contributed by atoms with Gasteiger partial charge in [-0.1, -0.05) is 11.6 Å². The molecule has 0 aliphatic carbocycles. The molecule has 0 spiro atoms. The molecule has 0 saturated carbocycles. The van der Waals surface area contributed by atoms with Crippen LogP contribution in [0.15, 0.2) is 10.5 Å². The number of likely N-dealkylation sites (N-methyl/N-ethyl adjacent to an activating group) is 1. The smallest absolute Gasteiger partial charge is 0.239 e. The van der Waals surface area contributed by atoms with Gasteiger partial charge in [-0.3, -0.25) is 4.79 Å². The second-order valence-electron chi connectivity index (χ2n) is 3.82. The number of nitrogens with zero attached hydrogens (tertiary/aromatic N) is 1. The monoisotopic (exact) mass is 322 g/mol. The maximum absolute atomic E-state index is 11.6. The number of hydrogen-bond donors (Lipinski definition) is 1. The molecule has 1 atom stereocenters. The molecule has 1 aromatic rings. The van der Waals surface area contributed by atoms with Crippen LogP contribution in [0.3, 0.4) is 0 Å². The quantitative estimate of drug-likeness (QED) is 0.927. The van der Waals surface area contributed by atoms with Crippen molar-refractivity contribution in [3.05, 3.63) is 19.8 Å². The van der Waals surface area contributed by atoms with E-state index >= 15 is 0 Å². The van der Waals surface area contributed by atoms with Crippen LogP contribution >= 0.6 is 38.9 Å². The van der Waals surface area contributed by atoms with Crippen molar-refractivity contribution in [3.8, 4) is 0 Å². The van der Waals surface area contributed by atoms with Gasteiger partial charge in [-0.15, -0.1) is 11.3 Å². The fraction of sp³-hybridized carbons (Fsp3) is 0.500. The highest BCUT2D eigenvalue weighted by molar-refractivity contribution is 9.10. The summed E-state index contributed by atoms with van der Waals surface area (Å²) < 4.78 is 1.68. The highest BCUT2D eigenvalue weighted by atomic mass is 79.9. The van der Waals surface area contributed by atoms with Crippen molar-refractivity contribution in [2.45, 2.75) is 19.0 Å². The first kappa shape index (κ1) is 12.4. The summed E-state index contributed by atoms with van der Waals surface area (Å²) in [6.07, 6.45) is 0.885. The molecule has 88 valence electrons. The fourth-order valence-electron chi connectivity index (χ4n) is 1.71. The van der Waals surface area contributed by atoms with Gasteiger partial charge in [0.1, 0.15) is 4.34 Å². The van der Waals surface area contributed by atoms with E-state index < -0.39 is 0 Å². The number of nitrogens with one attached hydrogen (secondary N) is 1. The van der Waals surface area contributed by atoms with Gasteiger partial charge in [-0.05, 0) is 28.4 Å². The molecule has 1 aliphatic heterocycles. The lowest BCUT2D eigenvalue weighted by Gasteiger charge is -2.11. The summed E-state index contributed by atoms with van der Waals surface area (Å²) in [5.74, 6) is 0.182. The number of hydrogen-bond acceptors (Lipinski definition) is 3. The average Bonchev–Trinajstić information content (AvgIpc) is 2.72. The number of amides is 1. The molecule has 1 N–H and O–H groups in total. The summed E-state index contributed by atoms with van der Waals surface area (Å²) in [5, 5.41) is 3.26. The van der Waals surface area contributed by atoms with Gasteiger partial charge in [0.25, 0.3) is 0 Å². The Morgan fingerprint density at radius 3 is 3.00 bits per heavy atom. The molecule has 1 aromatic heterocycles. The molecule has 6 heteroatoms. The largest absolute Gasteiger partial charge is 0.344 e. The molecule has 3 nitrogen and oxygen atoms in total. The number of carbonyl (C=O) groups excluding carboxylic acids is 1. The van der Waals surface area contributed by atoms with Crippen LogP contribution in [-0.4, -0.2) is 30.4 Å². The van der Waals surface area contributed by atoms with E-state index in [0.717, 1.165) is 26.7 Å². The van der Waals surface area contributed by atoms with Crippen molar-refractivity contribution in [2.75, 3.05) is 13.6 Å². The van der Waals surface area contributed by atoms with Crippen molar-refractivity contribution in [1.29, 1.82) is 0 Å². The summed E-state index contributed by atoms with van der Waals surface area (Å²) in [4.78, 5) is 14.5. The van der Waals surface area contributed by atoms with Crippen LogP contribution in [0.5, 0.6) is 0 Å². The highest BCUT2D eigenvalue weighted by Crippen LogP contribution is 2.31. The number of carbonyl (C=O) groups is 1. The number of thiophene rings is 1. The van der Waals surface area contributed by atoms with E-state index in [1.54, 1.807) is 4.90 Å². The van der Waals surface area contributed by atoms with Gasteiger partial charge in [0, 0.05) is 29.5 Å². The molecule has 0 aromatic carbocycles. The van der Waals surface area contributed by atoms with Crippen LogP contribution in [0.4, 0.5) is 0 Å². The maximum atomic E-state index is 11.6. The van der Waals surface area contributed by atoms with Gasteiger partial charge in [0.05, 0.1) is 6.04 Å². The van der Waals surface area contributed by atoms with Crippen molar-refractivity contribution >= 4 is 44.8 Å². The molecule has 2 rings (SSSR count). The zero-order chi connectivity index (χ0) is 11.7. The summed E-state index contributed by atoms with van der Waals surface area (Å²) >= 11 is 10.8. The van der Waals surface area contributed by atoms with Gasteiger partial charge in [-0.25, -0.2) is 0 Å². The Morgan fingerprint density at radius 2 is 2.50 bits per heavy atom. The minimum absolute atomic E-state index is 0.0374. The van der Waals surface area contributed by atoms with E-state index in [9.17, 15) is 4.79 Å². The second-order valence-corrected chi connectivity index (χ2v) is 6.41. The molecule has 0 bridgehead atoms. The lowest BCUT2D eigenvalue weighted by Crippen LogP contribution is -2.36. The normalized spacial score (nSPS) is 20.8. The molecule has 1 saturated heterocycles. The van der Waals surface area contributed by atoms with Crippen LogP contribution in [-0.2, 0) is 11.3 Å². The summed E-state index contributed by atoms with van der Waals surface area (Å²) in [5.41, 5.74) is 0. The Bertz CT molecular complexity index is 390. The van der Waals surface area contributed by atoms with Gasteiger partial charge in [0.15, 0.2) is 0 Å². The topological polar surface area (TPSA) is 32.3 Å². The van der Waals surface area contributed by atoms with Crippen molar-refractivity contribution < 1.29 is 4.79 Å². The molecule has 1 fully saturated rings. The van der Waals surface area contributed by atoms with E-state index in [-0.39, 0.29) is 11.9 Å². The molecule has 1 aliphatic rings. The number of rotatable bonds is 3. The molecule has 1 unspecified atom stereocenters. The Balaban J connectivity index is 1.90. The van der Waals surface area contributed by atoms with Crippen LogP contribution in [0.25, 0.3) is 0 Å². The summed E-state index contributed by atoms with van der Waals surface area (Å²) in [7, 11) is 1.84. The molecular formula is C10H12BrClN2OS. The third-order valence-corrected chi connectivity index (χ3v) is 5.12. The minimum atomic E-state index is -0.0374. The standard InChI is InChI=1S/C10H12BrClN2OS/c1-14-3-2-8(10(14)15)13-5-6-4-7(11)9(12)16-6/h4,8,13H,2-3,5H2,1H3. The molecule has 2 heterocycles. The maximum Gasteiger partial charge on any atom is 0.239 e. The first-order valence-corrected chi connectivity index (χ1v) is 6.98. The van der Waals surface area contributed by atoms with Gasteiger partial charge in [-0.2, -0.15) is 0 Å². The Hall–Kier alpha value is -0.100. The van der Waals surface area contributed by atoms with Crippen LogP contribution < -0.4 is 5.32 Å². The second kappa shape index (κ2) is 5.04. The van der Waals surface area contributed by atoms with Crippen LogP contribution in [0, 0.1) is 0 Å². The first-order chi connectivity index (χ1) is 7.58. The SMILES string of the molecule is CN1CCC(NCc2cc(Br)c(Cl)s2)C1=O. The molecule has 1 amide bonds. The minimum Gasteiger partial charge on any atom is -0.344 e. The Labute approximate surface area is 112 Å². The number of likely N-dealkylation sites (tertiary alicyclic amines) is 1. The first-order valence-electron chi connectivity index (χ1n) is 5.00. The van der Waals surface area contributed by atoms with Crippen molar-refractivity contribution in [3.63, 3.8) is 0 Å².